The van der Waals surface area contributed by atoms with Crippen LogP contribution in [-0.4, -0.2) is 42.0 Å². The average Bonchev–Trinajstić information content (AvgIpc) is 2.83. The number of aryl methyl sites for hydroxylation is 1. The van der Waals surface area contributed by atoms with E-state index in [4.69, 9.17) is 9.47 Å². The van der Waals surface area contributed by atoms with Gasteiger partial charge in [0.05, 0.1) is 11.6 Å². The highest BCUT2D eigenvalue weighted by molar-refractivity contribution is 5.08. The highest BCUT2D eigenvalue weighted by atomic mass is 16.5. The second-order valence-electron chi connectivity index (χ2n) is 4.77. The number of nitrogens with zero attached hydrogens (tertiary/aromatic N) is 2. The summed E-state index contributed by atoms with van der Waals surface area (Å²) in [5.41, 5.74) is -0.215. The van der Waals surface area contributed by atoms with Gasteiger partial charge in [-0.2, -0.15) is 0 Å². The number of imidazole rings is 1. The van der Waals surface area contributed by atoms with Crippen molar-refractivity contribution in [2.45, 2.75) is 31.4 Å². The average molecular weight is 253 g/mol. The maximum absolute atomic E-state index is 5.88. The molecule has 1 aromatic heterocycles. The molecule has 1 unspecified atom stereocenters. The van der Waals surface area contributed by atoms with E-state index < -0.39 is 0 Å². The Bertz CT molecular complexity index is 372. The predicted octanol–water partition coefficient (Wildman–Crippen LogP) is 1.27. The van der Waals surface area contributed by atoms with Crippen molar-refractivity contribution >= 4 is 0 Å². The fourth-order valence-electron chi connectivity index (χ4n) is 2.70. The molecule has 2 rings (SSSR count). The van der Waals surface area contributed by atoms with Crippen molar-refractivity contribution < 1.29 is 9.47 Å². The van der Waals surface area contributed by atoms with E-state index >= 15 is 0 Å². The summed E-state index contributed by atoms with van der Waals surface area (Å²) in [6, 6.07) is 0.108. The number of ether oxygens (including phenoxy) is 2. The fourth-order valence-corrected chi connectivity index (χ4v) is 2.70. The summed E-state index contributed by atoms with van der Waals surface area (Å²) >= 11 is 0. The van der Waals surface area contributed by atoms with Crippen LogP contribution >= 0.6 is 0 Å². The van der Waals surface area contributed by atoms with Gasteiger partial charge in [0, 0.05) is 52.6 Å². The lowest BCUT2D eigenvalue weighted by Gasteiger charge is -2.42. The molecule has 0 radical (unpaired) electrons. The van der Waals surface area contributed by atoms with Crippen LogP contribution < -0.4 is 5.32 Å². The Kier molecular flexibility index (Phi) is 4.37. The lowest BCUT2D eigenvalue weighted by Crippen LogP contribution is -2.50. The van der Waals surface area contributed by atoms with E-state index in [9.17, 15) is 0 Å². The van der Waals surface area contributed by atoms with Gasteiger partial charge in [0.1, 0.15) is 5.82 Å². The summed E-state index contributed by atoms with van der Waals surface area (Å²) < 4.78 is 13.4. The molecule has 102 valence electrons. The third kappa shape index (κ3) is 2.43. The molecule has 1 aliphatic rings. The molecular weight excluding hydrogens is 230 g/mol. The Labute approximate surface area is 108 Å². The van der Waals surface area contributed by atoms with Crippen molar-refractivity contribution in [1.29, 1.82) is 0 Å². The van der Waals surface area contributed by atoms with Crippen LogP contribution in [0.15, 0.2) is 12.4 Å². The van der Waals surface area contributed by atoms with Gasteiger partial charge in [-0.05, 0) is 6.54 Å². The fraction of sp³-hybridized carbons (Fsp3) is 0.769. The van der Waals surface area contributed by atoms with Crippen LogP contribution in [0.5, 0.6) is 0 Å². The molecule has 1 aromatic rings. The molecule has 1 atom stereocenters. The first-order valence-electron chi connectivity index (χ1n) is 6.57. The molecule has 5 nitrogen and oxygen atoms in total. The number of likely N-dealkylation sites (N-methyl/N-ethyl adjacent to an activating group) is 1. The molecule has 18 heavy (non-hydrogen) atoms. The van der Waals surface area contributed by atoms with Crippen molar-refractivity contribution in [3.05, 3.63) is 18.2 Å². The van der Waals surface area contributed by atoms with E-state index in [-0.39, 0.29) is 11.6 Å². The number of rotatable bonds is 5. The van der Waals surface area contributed by atoms with Gasteiger partial charge in [-0.25, -0.2) is 4.98 Å². The second kappa shape index (κ2) is 5.82. The van der Waals surface area contributed by atoms with Gasteiger partial charge in [0.25, 0.3) is 0 Å². The molecule has 1 saturated heterocycles. The number of methoxy groups -OCH3 is 1. The summed E-state index contributed by atoms with van der Waals surface area (Å²) in [6.07, 6.45) is 5.60. The Morgan fingerprint density at radius 1 is 1.56 bits per heavy atom. The Hall–Kier alpha value is -0.910. The van der Waals surface area contributed by atoms with Crippen LogP contribution in [-0.2, 0) is 16.5 Å². The van der Waals surface area contributed by atoms with E-state index in [1.807, 2.05) is 19.4 Å². The molecule has 1 fully saturated rings. The summed E-state index contributed by atoms with van der Waals surface area (Å²) in [5.74, 6) is 1.03. The van der Waals surface area contributed by atoms with E-state index in [0.717, 1.165) is 38.4 Å². The molecule has 2 heterocycles. The van der Waals surface area contributed by atoms with Crippen molar-refractivity contribution in [2.24, 2.45) is 7.05 Å². The first-order valence-corrected chi connectivity index (χ1v) is 6.57. The van der Waals surface area contributed by atoms with Crippen LogP contribution in [0.2, 0.25) is 0 Å². The summed E-state index contributed by atoms with van der Waals surface area (Å²) in [5, 5.41) is 3.52. The first-order chi connectivity index (χ1) is 8.73. The zero-order valence-corrected chi connectivity index (χ0v) is 11.5. The molecule has 0 aromatic carbocycles. The molecule has 5 heteroatoms. The van der Waals surface area contributed by atoms with Gasteiger partial charge in [-0.3, -0.25) is 0 Å². The van der Waals surface area contributed by atoms with Crippen LogP contribution in [0.3, 0.4) is 0 Å². The monoisotopic (exact) mass is 253 g/mol. The maximum Gasteiger partial charge on any atom is 0.128 e. The minimum atomic E-state index is -0.215. The minimum Gasteiger partial charge on any atom is -0.381 e. The summed E-state index contributed by atoms with van der Waals surface area (Å²) in [4.78, 5) is 4.48. The van der Waals surface area contributed by atoms with Gasteiger partial charge < -0.3 is 19.4 Å². The van der Waals surface area contributed by atoms with Gasteiger partial charge >= 0.3 is 0 Å². The smallest absolute Gasteiger partial charge is 0.128 e. The van der Waals surface area contributed by atoms with Gasteiger partial charge in [-0.15, -0.1) is 0 Å². The molecule has 0 spiro atoms. The number of hydrogen-bond donors (Lipinski definition) is 1. The molecule has 0 amide bonds. The van der Waals surface area contributed by atoms with Crippen LogP contribution in [0.4, 0.5) is 0 Å². The summed E-state index contributed by atoms with van der Waals surface area (Å²) in [6.45, 7) is 4.50. The normalized spacial score (nSPS) is 20.8. The van der Waals surface area contributed by atoms with E-state index in [2.05, 4.69) is 21.8 Å². The highest BCUT2D eigenvalue weighted by Gasteiger charge is 2.42. The Morgan fingerprint density at radius 3 is 2.78 bits per heavy atom. The Morgan fingerprint density at radius 2 is 2.28 bits per heavy atom. The van der Waals surface area contributed by atoms with Crippen molar-refractivity contribution in [2.75, 3.05) is 26.9 Å². The molecule has 0 aliphatic carbocycles. The third-order valence-corrected chi connectivity index (χ3v) is 3.80. The van der Waals surface area contributed by atoms with Gasteiger partial charge in [-0.1, -0.05) is 6.92 Å². The third-order valence-electron chi connectivity index (χ3n) is 3.80. The van der Waals surface area contributed by atoms with Crippen LogP contribution in [0, 0.1) is 0 Å². The molecule has 0 bridgehead atoms. The highest BCUT2D eigenvalue weighted by Crippen LogP contribution is 2.36. The largest absolute Gasteiger partial charge is 0.381 e. The van der Waals surface area contributed by atoms with Crippen LogP contribution in [0.25, 0.3) is 0 Å². The van der Waals surface area contributed by atoms with Crippen molar-refractivity contribution in [3.63, 3.8) is 0 Å². The molecular formula is C13H23N3O2. The number of nitrogens with one attached hydrogen (secondary N) is 1. The van der Waals surface area contributed by atoms with E-state index in [1.165, 1.54) is 0 Å². The zero-order chi connectivity index (χ0) is 13.0. The number of hydrogen-bond acceptors (Lipinski definition) is 4. The SMILES string of the molecule is CCNC(c1nccn1C)C1(OC)CCOCC1. The number of aromatic nitrogens is 2. The van der Waals surface area contributed by atoms with Gasteiger partial charge in [0.15, 0.2) is 0 Å². The molecule has 1 aliphatic heterocycles. The zero-order valence-electron chi connectivity index (χ0n) is 11.5. The van der Waals surface area contributed by atoms with E-state index in [1.54, 1.807) is 7.11 Å². The summed E-state index contributed by atoms with van der Waals surface area (Å²) in [7, 11) is 3.81. The first kappa shape index (κ1) is 13.5. The quantitative estimate of drug-likeness (QED) is 0.858. The Balaban J connectivity index is 2.30. The maximum atomic E-state index is 5.88. The van der Waals surface area contributed by atoms with E-state index in [0.29, 0.717) is 0 Å². The second-order valence-corrected chi connectivity index (χ2v) is 4.77. The van der Waals surface area contributed by atoms with Gasteiger partial charge in [0.2, 0.25) is 0 Å². The van der Waals surface area contributed by atoms with Crippen LogP contribution in [0.1, 0.15) is 31.6 Å². The lowest BCUT2D eigenvalue weighted by molar-refractivity contribution is -0.113. The standard InChI is InChI=1S/C13H23N3O2/c1-4-14-11(12-15-7-8-16(12)2)13(17-3)5-9-18-10-6-13/h7-8,11,14H,4-6,9-10H2,1-3H3. The topological polar surface area (TPSA) is 48.3 Å². The minimum absolute atomic E-state index is 0.108. The predicted molar refractivity (Wildman–Crippen MR) is 69.4 cm³/mol. The van der Waals surface area contributed by atoms with Crippen molar-refractivity contribution in [3.8, 4) is 0 Å². The van der Waals surface area contributed by atoms with Crippen molar-refractivity contribution in [1.82, 2.24) is 14.9 Å². The molecule has 1 N–H and O–H groups in total. The lowest BCUT2D eigenvalue weighted by atomic mass is 9.85. The molecule has 0 saturated carbocycles.